The van der Waals surface area contributed by atoms with Crippen molar-refractivity contribution in [1.82, 2.24) is 15.1 Å². The molecule has 1 aliphatic rings. The highest BCUT2D eigenvalue weighted by Gasteiger charge is 2.33. The van der Waals surface area contributed by atoms with E-state index in [4.69, 9.17) is 9.47 Å². The van der Waals surface area contributed by atoms with Gasteiger partial charge in [0.2, 0.25) is 0 Å². The highest BCUT2D eigenvalue weighted by Crippen LogP contribution is 2.34. The monoisotopic (exact) mass is 295 g/mol. The molecule has 1 aliphatic heterocycles. The van der Waals surface area contributed by atoms with Gasteiger partial charge in [-0.25, -0.2) is 0 Å². The van der Waals surface area contributed by atoms with Crippen molar-refractivity contribution < 1.29 is 9.47 Å². The molecule has 0 atom stereocenters. The predicted octanol–water partition coefficient (Wildman–Crippen LogP) is 1.79. The van der Waals surface area contributed by atoms with Crippen LogP contribution < -0.4 is 5.32 Å². The minimum absolute atomic E-state index is 0.283. The van der Waals surface area contributed by atoms with Crippen molar-refractivity contribution in [2.24, 2.45) is 5.41 Å². The maximum absolute atomic E-state index is 5.58. The highest BCUT2D eigenvalue weighted by atomic mass is 16.5. The van der Waals surface area contributed by atoms with Gasteiger partial charge in [0.15, 0.2) is 0 Å². The van der Waals surface area contributed by atoms with Crippen molar-refractivity contribution >= 4 is 0 Å². The number of nitrogens with zero attached hydrogens (tertiary/aromatic N) is 2. The van der Waals surface area contributed by atoms with E-state index in [9.17, 15) is 0 Å². The molecule has 1 N–H and O–H groups in total. The lowest BCUT2D eigenvalue weighted by Crippen LogP contribution is -2.42. The van der Waals surface area contributed by atoms with Gasteiger partial charge in [-0.2, -0.15) is 5.10 Å². The molecule has 0 bridgehead atoms. The number of rotatable bonds is 8. The van der Waals surface area contributed by atoms with Gasteiger partial charge in [0, 0.05) is 45.7 Å². The second-order valence-electron chi connectivity index (χ2n) is 6.05. The van der Waals surface area contributed by atoms with Crippen LogP contribution in [0.5, 0.6) is 0 Å². The van der Waals surface area contributed by atoms with Crippen LogP contribution in [0.2, 0.25) is 0 Å². The van der Waals surface area contributed by atoms with E-state index >= 15 is 0 Å². The van der Waals surface area contributed by atoms with Gasteiger partial charge in [-0.05, 0) is 44.6 Å². The van der Waals surface area contributed by atoms with Crippen LogP contribution in [-0.4, -0.2) is 49.8 Å². The van der Waals surface area contributed by atoms with E-state index in [1.54, 1.807) is 7.11 Å². The van der Waals surface area contributed by atoms with Gasteiger partial charge in [-0.15, -0.1) is 0 Å². The Balaban J connectivity index is 2.04. The summed E-state index contributed by atoms with van der Waals surface area (Å²) in [5.41, 5.74) is 2.75. The van der Waals surface area contributed by atoms with E-state index in [-0.39, 0.29) is 5.41 Å². The largest absolute Gasteiger partial charge is 0.383 e. The molecule has 1 fully saturated rings. The predicted molar refractivity (Wildman–Crippen MR) is 83.6 cm³/mol. The van der Waals surface area contributed by atoms with Crippen LogP contribution in [0.4, 0.5) is 0 Å². The van der Waals surface area contributed by atoms with Crippen molar-refractivity contribution in [1.29, 1.82) is 0 Å². The lowest BCUT2D eigenvalue weighted by Gasteiger charge is -2.37. The summed E-state index contributed by atoms with van der Waals surface area (Å²) in [5, 5.41) is 8.13. The third-order valence-corrected chi connectivity index (χ3v) is 4.38. The molecule has 2 heterocycles. The van der Waals surface area contributed by atoms with Crippen LogP contribution in [0.25, 0.3) is 0 Å². The molecule has 1 aromatic rings. The maximum Gasteiger partial charge on any atom is 0.0596 e. The zero-order chi connectivity index (χ0) is 15.1. The van der Waals surface area contributed by atoms with Crippen molar-refractivity contribution in [3.63, 3.8) is 0 Å². The normalized spacial score (nSPS) is 18.0. The second-order valence-corrected chi connectivity index (χ2v) is 6.05. The van der Waals surface area contributed by atoms with Gasteiger partial charge in [-0.1, -0.05) is 0 Å². The molecule has 120 valence electrons. The average Bonchev–Trinajstić information content (AvgIpc) is 2.84. The van der Waals surface area contributed by atoms with Crippen molar-refractivity contribution in [3.05, 3.63) is 17.5 Å². The zero-order valence-corrected chi connectivity index (χ0v) is 13.7. The molecular formula is C16H29N3O2. The molecule has 0 amide bonds. The van der Waals surface area contributed by atoms with Gasteiger partial charge in [0.05, 0.1) is 12.3 Å². The smallest absolute Gasteiger partial charge is 0.0596 e. The minimum Gasteiger partial charge on any atom is -0.383 e. The molecule has 0 saturated carbocycles. The molecule has 0 aliphatic carbocycles. The summed E-state index contributed by atoms with van der Waals surface area (Å²) >= 11 is 0. The van der Waals surface area contributed by atoms with Crippen molar-refractivity contribution in [2.45, 2.75) is 39.7 Å². The number of hydrogen-bond donors (Lipinski definition) is 1. The molecule has 1 aromatic heterocycles. The first kappa shape index (κ1) is 16.5. The van der Waals surface area contributed by atoms with Crippen LogP contribution in [-0.2, 0) is 22.4 Å². The first-order valence-corrected chi connectivity index (χ1v) is 8.00. The Morgan fingerprint density at radius 2 is 2.19 bits per heavy atom. The fourth-order valence-electron chi connectivity index (χ4n) is 3.15. The second kappa shape index (κ2) is 7.92. The first-order chi connectivity index (χ1) is 10.2. The maximum atomic E-state index is 5.58. The van der Waals surface area contributed by atoms with E-state index in [1.165, 1.54) is 5.69 Å². The molecule has 0 aromatic carbocycles. The molecule has 0 radical (unpaired) electrons. The topological polar surface area (TPSA) is 48.3 Å². The lowest BCUT2D eigenvalue weighted by atomic mass is 9.76. The Labute approximate surface area is 128 Å². The van der Waals surface area contributed by atoms with Crippen LogP contribution in [0.3, 0.4) is 0 Å². The molecule has 0 spiro atoms. The highest BCUT2D eigenvalue weighted by molar-refractivity contribution is 5.12. The van der Waals surface area contributed by atoms with Gasteiger partial charge >= 0.3 is 0 Å². The van der Waals surface area contributed by atoms with Crippen LogP contribution in [0.1, 0.15) is 31.2 Å². The SMILES string of the molecule is CCn1nc(C)cc1CC1(CNCCOC)CCOCC1. The van der Waals surface area contributed by atoms with Gasteiger partial charge < -0.3 is 14.8 Å². The van der Waals surface area contributed by atoms with Gasteiger partial charge in [0.25, 0.3) is 0 Å². The third kappa shape index (κ3) is 4.53. The van der Waals surface area contributed by atoms with Crippen LogP contribution >= 0.6 is 0 Å². The fraction of sp³-hybridized carbons (Fsp3) is 0.812. The van der Waals surface area contributed by atoms with Gasteiger partial charge in [0.1, 0.15) is 0 Å². The Kier molecular flexibility index (Phi) is 6.21. The van der Waals surface area contributed by atoms with E-state index in [0.717, 1.165) is 64.4 Å². The number of aryl methyl sites for hydroxylation is 2. The molecule has 5 nitrogen and oxygen atoms in total. The Bertz CT molecular complexity index is 425. The van der Waals surface area contributed by atoms with Gasteiger partial charge in [-0.3, -0.25) is 4.68 Å². The average molecular weight is 295 g/mol. The summed E-state index contributed by atoms with van der Waals surface area (Å²) in [6, 6.07) is 2.23. The molecule has 1 saturated heterocycles. The van der Waals surface area contributed by atoms with E-state index in [0.29, 0.717) is 0 Å². The number of methoxy groups -OCH3 is 1. The van der Waals surface area contributed by atoms with E-state index < -0.39 is 0 Å². The van der Waals surface area contributed by atoms with Crippen molar-refractivity contribution in [3.8, 4) is 0 Å². The summed E-state index contributed by atoms with van der Waals surface area (Å²) < 4.78 is 12.8. The zero-order valence-electron chi connectivity index (χ0n) is 13.7. The molecule has 2 rings (SSSR count). The Morgan fingerprint density at radius 1 is 1.43 bits per heavy atom. The molecule has 5 heteroatoms. The summed E-state index contributed by atoms with van der Waals surface area (Å²) in [5.74, 6) is 0. The quantitative estimate of drug-likeness (QED) is 0.743. The summed E-state index contributed by atoms with van der Waals surface area (Å²) in [6.07, 6.45) is 3.30. The summed E-state index contributed by atoms with van der Waals surface area (Å²) in [4.78, 5) is 0. The number of nitrogens with one attached hydrogen (secondary N) is 1. The lowest BCUT2D eigenvalue weighted by molar-refractivity contribution is 0.0134. The molecule has 0 unspecified atom stereocenters. The number of aromatic nitrogens is 2. The van der Waals surface area contributed by atoms with E-state index in [2.05, 4.69) is 35.0 Å². The summed E-state index contributed by atoms with van der Waals surface area (Å²) in [6.45, 7) is 9.59. The molecular weight excluding hydrogens is 266 g/mol. The number of hydrogen-bond acceptors (Lipinski definition) is 4. The molecule has 21 heavy (non-hydrogen) atoms. The fourth-order valence-corrected chi connectivity index (χ4v) is 3.15. The Morgan fingerprint density at radius 3 is 2.86 bits per heavy atom. The first-order valence-electron chi connectivity index (χ1n) is 8.00. The summed E-state index contributed by atoms with van der Waals surface area (Å²) in [7, 11) is 1.74. The van der Waals surface area contributed by atoms with Crippen LogP contribution in [0.15, 0.2) is 6.07 Å². The Hall–Kier alpha value is -0.910. The van der Waals surface area contributed by atoms with Crippen LogP contribution in [0, 0.1) is 12.3 Å². The minimum atomic E-state index is 0.283. The third-order valence-electron chi connectivity index (χ3n) is 4.38. The van der Waals surface area contributed by atoms with Crippen molar-refractivity contribution in [2.75, 3.05) is 40.0 Å². The number of ether oxygens (including phenoxy) is 2. The van der Waals surface area contributed by atoms with E-state index in [1.807, 2.05) is 0 Å². The standard InChI is InChI=1S/C16H29N3O2/c1-4-19-15(11-14(2)18-19)12-16(5-8-21-9-6-16)13-17-7-10-20-3/h11,17H,4-10,12-13H2,1-3H3.